The van der Waals surface area contributed by atoms with Crippen molar-refractivity contribution < 1.29 is 8.83 Å². The van der Waals surface area contributed by atoms with E-state index in [9.17, 15) is 0 Å². The predicted octanol–water partition coefficient (Wildman–Crippen LogP) is 19.5. The Balaban J connectivity index is 1.09. The van der Waals surface area contributed by atoms with Crippen LogP contribution in [0.15, 0.2) is 264 Å². The van der Waals surface area contributed by atoms with Gasteiger partial charge in [-0.15, -0.1) is 0 Å². The Kier molecular flexibility index (Phi) is 8.41. The molecule has 338 valence electrons. The van der Waals surface area contributed by atoms with Crippen molar-refractivity contribution >= 4 is 87.0 Å². The molecule has 1 aliphatic rings. The first-order valence-electron chi connectivity index (χ1n) is 25.2. The van der Waals surface area contributed by atoms with Gasteiger partial charge in [-0.1, -0.05) is 224 Å². The van der Waals surface area contributed by atoms with E-state index in [4.69, 9.17) is 8.83 Å². The normalized spacial score (nSPS) is 13.0. The lowest BCUT2D eigenvalue weighted by molar-refractivity contribution is 0.669. The van der Waals surface area contributed by atoms with Crippen LogP contribution < -0.4 is 0 Å². The van der Waals surface area contributed by atoms with Crippen LogP contribution >= 0.6 is 0 Å². The first-order valence-corrected chi connectivity index (χ1v) is 25.2. The van der Waals surface area contributed by atoms with Crippen LogP contribution in [-0.2, 0) is 5.41 Å². The molecule has 13 aromatic carbocycles. The molecule has 2 aromatic heterocycles. The van der Waals surface area contributed by atoms with Gasteiger partial charge in [0, 0.05) is 32.3 Å². The number of furan rings is 2. The summed E-state index contributed by atoms with van der Waals surface area (Å²) < 4.78 is 13.2. The van der Waals surface area contributed by atoms with Gasteiger partial charge in [0.1, 0.15) is 22.3 Å². The van der Waals surface area contributed by atoms with Gasteiger partial charge in [-0.3, -0.25) is 0 Å². The first-order chi connectivity index (χ1) is 36.2. The molecule has 2 nitrogen and oxygen atoms in total. The summed E-state index contributed by atoms with van der Waals surface area (Å²) in [5.74, 6) is 0. The zero-order valence-electron chi connectivity index (χ0n) is 39.6. The third-order valence-electron chi connectivity index (χ3n) is 16.1. The molecule has 0 bridgehead atoms. The Labute approximate surface area is 420 Å². The Bertz CT molecular complexity index is 4530. The summed E-state index contributed by atoms with van der Waals surface area (Å²) in [5.41, 5.74) is 17.7. The van der Waals surface area contributed by atoms with Gasteiger partial charge < -0.3 is 8.83 Å². The molecule has 2 heterocycles. The zero-order valence-corrected chi connectivity index (χ0v) is 39.6. The maximum absolute atomic E-state index is 6.58. The van der Waals surface area contributed by atoms with Gasteiger partial charge in [0.15, 0.2) is 0 Å². The largest absolute Gasteiger partial charge is 0.456 e. The molecule has 0 atom stereocenters. The maximum Gasteiger partial charge on any atom is 0.136 e. The highest BCUT2D eigenvalue weighted by Gasteiger charge is 2.47. The van der Waals surface area contributed by atoms with E-state index in [1.165, 1.54) is 110 Å². The second-order valence-corrected chi connectivity index (χ2v) is 19.7. The van der Waals surface area contributed by atoms with E-state index in [0.717, 1.165) is 43.9 Å². The van der Waals surface area contributed by atoms with Crippen LogP contribution in [-0.4, -0.2) is 0 Å². The van der Waals surface area contributed by atoms with Crippen LogP contribution in [0.3, 0.4) is 0 Å². The van der Waals surface area contributed by atoms with Crippen LogP contribution in [0.1, 0.15) is 22.3 Å². The van der Waals surface area contributed by atoms with Crippen molar-refractivity contribution in [3.05, 3.63) is 277 Å². The number of hydrogen-bond donors (Lipinski definition) is 0. The molecular formula is C71H42O2. The van der Waals surface area contributed by atoms with Crippen molar-refractivity contribution in [1.29, 1.82) is 0 Å². The molecule has 16 rings (SSSR count). The monoisotopic (exact) mass is 926 g/mol. The average Bonchev–Trinajstić information content (AvgIpc) is 4.13. The summed E-state index contributed by atoms with van der Waals surface area (Å²) in [4.78, 5) is 0. The lowest BCUT2D eigenvalue weighted by Gasteiger charge is -2.35. The quantitative estimate of drug-likeness (QED) is 0.161. The molecular weight excluding hydrogens is 885 g/mol. The molecule has 0 saturated heterocycles. The van der Waals surface area contributed by atoms with Crippen molar-refractivity contribution in [2.45, 2.75) is 5.41 Å². The van der Waals surface area contributed by atoms with Crippen molar-refractivity contribution in [1.82, 2.24) is 0 Å². The maximum atomic E-state index is 6.58. The molecule has 73 heavy (non-hydrogen) atoms. The first kappa shape index (κ1) is 40.3. The van der Waals surface area contributed by atoms with Crippen molar-refractivity contribution in [2.75, 3.05) is 0 Å². The molecule has 15 aromatic rings. The lowest BCUT2D eigenvalue weighted by atomic mass is 9.65. The third-order valence-corrected chi connectivity index (χ3v) is 16.1. The lowest BCUT2D eigenvalue weighted by Crippen LogP contribution is -2.29. The Morgan fingerprint density at radius 3 is 1.25 bits per heavy atom. The van der Waals surface area contributed by atoms with E-state index in [2.05, 4.69) is 255 Å². The highest BCUT2D eigenvalue weighted by atomic mass is 16.3. The molecule has 0 aliphatic heterocycles. The second kappa shape index (κ2) is 15.3. The fraction of sp³-hybridized carbons (Fsp3) is 0.0141. The standard InChI is InChI=1S/C71H42O2/c1-3-20-45(21-4-1)71(46-22-5-2-6-23-46)60-35-10-7-24-49(60)54-33-17-34-57(70(54)71)67-52-31-15-27-47(50-29-13-18-43-38-40-63-68(65(43)50)55-25-8-11-36-61(55)72-63)58(52)42-59-48(28-16-32-53(59)67)51-30-14-19-44-39-41-64-69(66(44)51)56-26-9-12-37-62(56)73-64/h1-42H. The van der Waals surface area contributed by atoms with Crippen LogP contribution in [0, 0.1) is 0 Å². The SMILES string of the molecule is c1ccc(C2(c3ccccc3)c3ccccc3-c3cccc(-c4c5cccc(-c6cccc7ccc8oc9ccccc9c8c67)c5cc5c(-c6cccc7ccc8oc9ccccc9c8c67)cccc45)c32)cc1. The average molecular weight is 927 g/mol. The Hall–Kier alpha value is -9.50. The van der Waals surface area contributed by atoms with Crippen molar-refractivity contribution in [2.24, 2.45) is 0 Å². The van der Waals surface area contributed by atoms with Gasteiger partial charge in [-0.05, 0) is 129 Å². The Morgan fingerprint density at radius 2 is 0.671 bits per heavy atom. The molecule has 0 spiro atoms. The molecule has 0 radical (unpaired) electrons. The summed E-state index contributed by atoms with van der Waals surface area (Å²) in [6.45, 7) is 0. The highest BCUT2D eigenvalue weighted by molar-refractivity contribution is 6.28. The topological polar surface area (TPSA) is 26.3 Å². The fourth-order valence-electron chi connectivity index (χ4n) is 13.3. The summed E-state index contributed by atoms with van der Waals surface area (Å²) in [5, 5.41) is 14.0. The van der Waals surface area contributed by atoms with Gasteiger partial charge in [-0.25, -0.2) is 0 Å². The van der Waals surface area contributed by atoms with E-state index in [1.807, 2.05) is 0 Å². The number of hydrogen-bond acceptors (Lipinski definition) is 2. The highest BCUT2D eigenvalue weighted by Crippen LogP contribution is 2.60. The number of benzene rings is 13. The van der Waals surface area contributed by atoms with Crippen LogP contribution in [0.4, 0.5) is 0 Å². The fourth-order valence-corrected chi connectivity index (χ4v) is 13.3. The van der Waals surface area contributed by atoms with Gasteiger partial charge in [-0.2, -0.15) is 0 Å². The van der Waals surface area contributed by atoms with Crippen LogP contribution in [0.5, 0.6) is 0 Å². The number of fused-ring (bicyclic) bond motifs is 15. The minimum Gasteiger partial charge on any atom is -0.456 e. The van der Waals surface area contributed by atoms with Gasteiger partial charge in [0.25, 0.3) is 0 Å². The van der Waals surface area contributed by atoms with E-state index in [0.29, 0.717) is 0 Å². The minimum atomic E-state index is -0.623. The van der Waals surface area contributed by atoms with Gasteiger partial charge in [0.05, 0.1) is 5.41 Å². The minimum absolute atomic E-state index is 0.623. The summed E-state index contributed by atoms with van der Waals surface area (Å²) in [7, 11) is 0. The molecule has 0 fully saturated rings. The smallest absolute Gasteiger partial charge is 0.136 e. The molecule has 0 amide bonds. The number of para-hydroxylation sites is 2. The Morgan fingerprint density at radius 1 is 0.247 bits per heavy atom. The molecule has 1 aliphatic carbocycles. The van der Waals surface area contributed by atoms with Crippen molar-refractivity contribution in [3.8, 4) is 44.5 Å². The van der Waals surface area contributed by atoms with Crippen molar-refractivity contribution in [3.63, 3.8) is 0 Å². The van der Waals surface area contributed by atoms with Crippen LogP contribution in [0.25, 0.3) is 131 Å². The zero-order chi connectivity index (χ0) is 47.8. The third kappa shape index (κ3) is 5.52. The summed E-state index contributed by atoms with van der Waals surface area (Å²) >= 11 is 0. The summed E-state index contributed by atoms with van der Waals surface area (Å²) in [6, 6.07) is 94.1. The van der Waals surface area contributed by atoms with E-state index >= 15 is 0 Å². The predicted molar refractivity (Wildman–Crippen MR) is 305 cm³/mol. The molecule has 0 unspecified atom stereocenters. The molecule has 0 N–H and O–H groups in total. The number of rotatable bonds is 5. The van der Waals surface area contributed by atoms with E-state index < -0.39 is 5.41 Å². The van der Waals surface area contributed by atoms with Gasteiger partial charge in [0.2, 0.25) is 0 Å². The summed E-state index contributed by atoms with van der Waals surface area (Å²) in [6.07, 6.45) is 0. The molecule has 0 saturated carbocycles. The second-order valence-electron chi connectivity index (χ2n) is 19.7. The van der Waals surface area contributed by atoms with Crippen LogP contribution in [0.2, 0.25) is 0 Å². The van der Waals surface area contributed by atoms with E-state index in [1.54, 1.807) is 0 Å². The van der Waals surface area contributed by atoms with E-state index in [-0.39, 0.29) is 0 Å². The van der Waals surface area contributed by atoms with Gasteiger partial charge >= 0.3 is 0 Å². The molecule has 2 heteroatoms.